The van der Waals surface area contributed by atoms with Gasteiger partial charge in [0.2, 0.25) is 0 Å². The average molecular weight is 197 g/mol. The molecule has 3 heteroatoms. The van der Waals surface area contributed by atoms with Crippen LogP contribution < -0.4 is 0 Å². The maximum absolute atomic E-state index is 5.58. The van der Waals surface area contributed by atoms with E-state index in [1.165, 1.54) is 23.5 Å². The highest BCUT2D eigenvalue weighted by Gasteiger charge is 2.20. The van der Waals surface area contributed by atoms with Crippen LogP contribution in [-0.2, 0) is 11.2 Å². The van der Waals surface area contributed by atoms with E-state index >= 15 is 0 Å². The van der Waals surface area contributed by atoms with Crippen LogP contribution >= 0.6 is 11.3 Å². The Balaban J connectivity index is 2.03. The molecule has 1 atom stereocenters. The monoisotopic (exact) mass is 197 g/mol. The second-order valence-corrected chi connectivity index (χ2v) is 4.32. The van der Waals surface area contributed by atoms with E-state index in [-0.39, 0.29) is 0 Å². The van der Waals surface area contributed by atoms with Crippen LogP contribution in [0.3, 0.4) is 0 Å². The van der Waals surface area contributed by atoms with Crippen molar-refractivity contribution in [1.29, 1.82) is 0 Å². The number of thiazole rings is 1. The maximum atomic E-state index is 5.58. The summed E-state index contributed by atoms with van der Waals surface area (Å²) in [5, 5.41) is 3.35. The Morgan fingerprint density at radius 3 is 3.31 bits per heavy atom. The van der Waals surface area contributed by atoms with Crippen molar-refractivity contribution in [3.8, 4) is 0 Å². The molecule has 0 spiro atoms. The van der Waals surface area contributed by atoms with Gasteiger partial charge in [0, 0.05) is 12.0 Å². The van der Waals surface area contributed by atoms with Crippen molar-refractivity contribution >= 4 is 11.3 Å². The normalized spacial score (nSPS) is 22.4. The second kappa shape index (κ2) is 4.20. The number of ether oxygens (including phenoxy) is 1. The average Bonchev–Trinajstić information content (AvgIpc) is 2.70. The zero-order valence-corrected chi connectivity index (χ0v) is 8.77. The molecule has 0 saturated carbocycles. The van der Waals surface area contributed by atoms with E-state index in [0.29, 0.717) is 6.10 Å². The summed E-state index contributed by atoms with van der Waals surface area (Å²) in [6.45, 7) is 3.10. The van der Waals surface area contributed by atoms with Gasteiger partial charge in [-0.1, -0.05) is 13.3 Å². The fourth-order valence-electron chi connectivity index (χ4n) is 1.61. The molecular formula is C10H15NOS. The minimum atomic E-state index is 0.301. The third-order valence-corrected chi connectivity index (χ3v) is 3.27. The zero-order valence-electron chi connectivity index (χ0n) is 7.95. The lowest BCUT2D eigenvalue weighted by atomic mass is 10.2. The van der Waals surface area contributed by atoms with E-state index in [1.807, 2.05) is 0 Å². The number of nitrogens with zero attached hydrogens (tertiary/aromatic N) is 1. The third kappa shape index (κ3) is 2.09. The van der Waals surface area contributed by atoms with Crippen molar-refractivity contribution in [3.63, 3.8) is 0 Å². The highest BCUT2D eigenvalue weighted by atomic mass is 32.1. The predicted molar refractivity (Wildman–Crippen MR) is 54.0 cm³/mol. The zero-order chi connectivity index (χ0) is 9.10. The molecule has 2 rings (SSSR count). The molecule has 1 aliphatic heterocycles. The standard InChI is InChI=1S/C10H15NOS/c1-2-4-8-7-13-10(11-8)9-5-3-6-12-9/h7,9H,2-6H2,1H3. The van der Waals surface area contributed by atoms with Gasteiger partial charge in [0.05, 0.1) is 5.69 Å². The molecule has 2 heterocycles. The van der Waals surface area contributed by atoms with Crippen molar-refractivity contribution < 1.29 is 4.74 Å². The van der Waals surface area contributed by atoms with Crippen LogP contribution in [-0.4, -0.2) is 11.6 Å². The Labute approximate surface area is 83.0 Å². The van der Waals surface area contributed by atoms with Gasteiger partial charge in [-0.05, 0) is 19.3 Å². The van der Waals surface area contributed by atoms with Crippen LogP contribution in [0.2, 0.25) is 0 Å². The quantitative estimate of drug-likeness (QED) is 0.743. The fourth-order valence-corrected chi connectivity index (χ4v) is 2.55. The minimum absolute atomic E-state index is 0.301. The Bertz CT molecular complexity index is 266. The summed E-state index contributed by atoms with van der Waals surface area (Å²) in [5.41, 5.74) is 1.23. The van der Waals surface area contributed by atoms with Gasteiger partial charge >= 0.3 is 0 Å². The van der Waals surface area contributed by atoms with Gasteiger partial charge in [-0.25, -0.2) is 4.98 Å². The van der Waals surface area contributed by atoms with Crippen molar-refractivity contribution in [2.24, 2.45) is 0 Å². The van der Waals surface area contributed by atoms with E-state index in [0.717, 1.165) is 19.4 Å². The molecule has 0 amide bonds. The summed E-state index contributed by atoms with van der Waals surface area (Å²) in [6, 6.07) is 0. The van der Waals surface area contributed by atoms with Crippen molar-refractivity contribution in [2.75, 3.05) is 6.61 Å². The maximum Gasteiger partial charge on any atom is 0.122 e. The van der Waals surface area contributed by atoms with Gasteiger partial charge in [-0.3, -0.25) is 0 Å². The molecular weight excluding hydrogens is 182 g/mol. The number of hydrogen-bond donors (Lipinski definition) is 0. The van der Waals surface area contributed by atoms with Gasteiger partial charge < -0.3 is 4.74 Å². The van der Waals surface area contributed by atoms with Crippen molar-refractivity contribution in [2.45, 2.75) is 38.7 Å². The molecule has 0 radical (unpaired) electrons. The summed E-state index contributed by atoms with van der Waals surface area (Å²) >= 11 is 1.75. The smallest absolute Gasteiger partial charge is 0.122 e. The Morgan fingerprint density at radius 2 is 2.62 bits per heavy atom. The molecule has 13 heavy (non-hydrogen) atoms. The highest BCUT2D eigenvalue weighted by Crippen LogP contribution is 2.30. The molecule has 72 valence electrons. The summed E-state index contributed by atoms with van der Waals surface area (Å²) in [6.07, 6.45) is 4.92. The van der Waals surface area contributed by atoms with Crippen LogP contribution in [0.25, 0.3) is 0 Å². The van der Waals surface area contributed by atoms with Crippen LogP contribution in [0.15, 0.2) is 5.38 Å². The second-order valence-electron chi connectivity index (χ2n) is 3.43. The molecule has 0 N–H and O–H groups in total. The molecule has 0 aliphatic carbocycles. The van der Waals surface area contributed by atoms with E-state index in [1.54, 1.807) is 11.3 Å². The molecule has 0 bridgehead atoms. The SMILES string of the molecule is CCCc1csc(C2CCCO2)n1. The topological polar surface area (TPSA) is 22.1 Å². The summed E-state index contributed by atoms with van der Waals surface area (Å²) in [5.74, 6) is 0. The molecule has 1 unspecified atom stereocenters. The van der Waals surface area contributed by atoms with Gasteiger partial charge in [0.15, 0.2) is 0 Å². The molecule has 1 aromatic rings. The van der Waals surface area contributed by atoms with E-state index in [2.05, 4.69) is 17.3 Å². The first kappa shape index (κ1) is 9.16. The number of aromatic nitrogens is 1. The highest BCUT2D eigenvalue weighted by molar-refractivity contribution is 7.09. The van der Waals surface area contributed by atoms with Gasteiger partial charge in [0.25, 0.3) is 0 Å². The Morgan fingerprint density at radius 1 is 1.69 bits per heavy atom. The van der Waals surface area contributed by atoms with Gasteiger partial charge in [0.1, 0.15) is 11.1 Å². The molecule has 1 fully saturated rings. The number of rotatable bonds is 3. The lowest BCUT2D eigenvalue weighted by Gasteiger charge is -2.03. The van der Waals surface area contributed by atoms with Gasteiger partial charge in [-0.15, -0.1) is 11.3 Å². The third-order valence-electron chi connectivity index (χ3n) is 2.28. The summed E-state index contributed by atoms with van der Waals surface area (Å²) in [4.78, 5) is 4.58. The van der Waals surface area contributed by atoms with E-state index < -0.39 is 0 Å². The molecule has 1 saturated heterocycles. The van der Waals surface area contributed by atoms with Crippen molar-refractivity contribution in [1.82, 2.24) is 4.98 Å². The minimum Gasteiger partial charge on any atom is -0.371 e. The molecule has 1 aromatic heterocycles. The predicted octanol–water partition coefficient (Wildman–Crippen LogP) is 2.95. The van der Waals surface area contributed by atoms with Crippen LogP contribution in [0, 0.1) is 0 Å². The molecule has 1 aliphatic rings. The Kier molecular flexibility index (Phi) is 2.96. The first-order valence-corrected chi connectivity index (χ1v) is 5.84. The lowest BCUT2D eigenvalue weighted by molar-refractivity contribution is 0.111. The van der Waals surface area contributed by atoms with E-state index in [4.69, 9.17) is 4.74 Å². The first-order valence-electron chi connectivity index (χ1n) is 4.96. The van der Waals surface area contributed by atoms with Crippen LogP contribution in [0.4, 0.5) is 0 Å². The fraction of sp³-hybridized carbons (Fsp3) is 0.700. The van der Waals surface area contributed by atoms with Gasteiger partial charge in [-0.2, -0.15) is 0 Å². The summed E-state index contributed by atoms with van der Waals surface area (Å²) in [7, 11) is 0. The largest absolute Gasteiger partial charge is 0.371 e. The molecule has 0 aromatic carbocycles. The summed E-state index contributed by atoms with van der Waals surface area (Å²) < 4.78 is 5.58. The first-order chi connectivity index (χ1) is 6.40. The van der Waals surface area contributed by atoms with Crippen LogP contribution in [0.1, 0.15) is 43.0 Å². The Hall–Kier alpha value is -0.410. The van der Waals surface area contributed by atoms with E-state index in [9.17, 15) is 0 Å². The number of hydrogen-bond acceptors (Lipinski definition) is 3. The van der Waals surface area contributed by atoms with Crippen molar-refractivity contribution in [3.05, 3.63) is 16.1 Å². The van der Waals surface area contributed by atoms with Crippen LogP contribution in [0.5, 0.6) is 0 Å². The molecule has 2 nitrogen and oxygen atoms in total. The number of aryl methyl sites for hydroxylation is 1. The lowest BCUT2D eigenvalue weighted by Crippen LogP contribution is -1.95.